The monoisotopic (exact) mass is 400 g/mol. The third-order valence-corrected chi connectivity index (χ3v) is 4.80. The highest BCUT2D eigenvalue weighted by Gasteiger charge is 2.32. The van der Waals surface area contributed by atoms with Gasteiger partial charge in [-0.25, -0.2) is 4.79 Å². The highest BCUT2D eigenvalue weighted by molar-refractivity contribution is 8.15. The largest absolute Gasteiger partial charge is 0.478 e. The second-order valence-corrected chi connectivity index (χ2v) is 6.99. The van der Waals surface area contributed by atoms with Crippen LogP contribution in [0, 0.1) is 0 Å². The zero-order chi connectivity index (χ0) is 20.1. The molecule has 0 unspecified atom stereocenters. The molecule has 28 heavy (non-hydrogen) atoms. The van der Waals surface area contributed by atoms with Gasteiger partial charge in [0, 0.05) is 12.1 Å². The van der Waals surface area contributed by atoms with Crippen LogP contribution >= 0.6 is 11.8 Å². The standard InChI is InChI=1S/C18H16N4O5S/c1-10(13-3-2-8-27-13)21-22-18-20-16(24)14(28-18)9-15(23)19-12-6-4-11(5-7-12)17(25)26/h2-8,14H,9H2,1H3,(H,19,23)(H,25,26)(H,20,22,24)/b21-10-/t14-/m1/s1. The van der Waals surface area contributed by atoms with Gasteiger partial charge in [0.15, 0.2) is 5.17 Å². The first kappa shape index (κ1) is 19.4. The van der Waals surface area contributed by atoms with E-state index in [0.29, 0.717) is 22.3 Å². The van der Waals surface area contributed by atoms with Crippen LogP contribution in [0.2, 0.25) is 0 Å². The van der Waals surface area contributed by atoms with Crippen molar-refractivity contribution in [1.29, 1.82) is 0 Å². The van der Waals surface area contributed by atoms with Crippen molar-refractivity contribution < 1.29 is 23.9 Å². The SMILES string of the molecule is C/C(=N/N=C1/NC(=O)[C@@H](CC(=O)Nc2ccc(C(=O)O)cc2)S1)c1ccco1. The number of carbonyl (C=O) groups is 3. The summed E-state index contributed by atoms with van der Waals surface area (Å²) < 4.78 is 5.20. The number of aromatic carboxylic acids is 1. The van der Waals surface area contributed by atoms with E-state index >= 15 is 0 Å². The van der Waals surface area contributed by atoms with Crippen LogP contribution in [-0.4, -0.2) is 39.0 Å². The number of carbonyl (C=O) groups excluding carboxylic acids is 2. The van der Waals surface area contributed by atoms with Crippen molar-refractivity contribution in [3.8, 4) is 0 Å². The molecule has 2 aromatic rings. The molecule has 0 radical (unpaired) electrons. The van der Waals surface area contributed by atoms with E-state index in [4.69, 9.17) is 9.52 Å². The van der Waals surface area contributed by atoms with Gasteiger partial charge in [-0.1, -0.05) is 11.8 Å². The van der Waals surface area contributed by atoms with Gasteiger partial charge in [-0.05, 0) is 43.3 Å². The fourth-order valence-electron chi connectivity index (χ4n) is 2.32. The molecule has 1 aromatic heterocycles. The molecule has 3 N–H and O–H groups in total. The molecule has 0 saturated carbocycles. The van der Waals surface area contributed by atoms with Gasteiger partial charge >= 0.3 is 5.97 Å². The molecule has 2 amide bonds. The molecule has 3 rings (SSSR count). The smallest absolute Gasteiger partial charge is 0.335 e. The number of furan rings is 1. The van der Waals surface area contributed by atoms with Crippen LogP contribution < -0.4 is 10.6 Å². The third kappa shape index (κ3) is 4.86. The average molecular weight is 400 g/mol. The molecule has 1 atom stereocenters. The predicted molar refractivity (Wildman–Crippen MR) is 105 cm³/mol. The Morgan fingerprint density at radius 1 is 1.29 bits per heavy atom. The topological polar surface area (TPSA) is 133 Å². The molecule has 1 saturated heterocycles. The van der Waals surface area contributed by atoms with Crippen molar-refractivity contribution in [3.63, 3.8) is 0 Å². The summed E-state index contributed by atoms with van der Waals surface area (Å²) in [6.07, 6.45) is 1.47. The number of hydrogen-bond acceptors (Lipinski definition) is 7. The number of rotatable bonds is 6. The highest BCUT2D eigenvalue weighted by atomic mass is 32.2. The minimum Gasteiger partial charge on any atom is -0.478 e. The third-order valence-electron chi connectivity index (χ3n) is 3.73. The number of nitrogens with zero attached hydrogens (tertiary/aromatic N) is 2. The molecular formula is C18H16N4O5S. The van der Waals surface area contributed by atoms with Gasteiger partial charge in [0.1, 0.15) is 16.7 Å². The minimum absolute atomic E-state index is 0.0585. The molecule has 0 bridgehead atoms. The molecule has 1 aromatic carbocycles. The van der Waals surface area contributed by atoms with E-state index in [9.17, 15) is 14.4 Å². The van der Waals surface area contributed by atoms with Crippen LogP contribution in [0.25, 0.3) is 0 Å². The summed E-state index contributed by atoms with van der Waals surface area (Å²) in [5.74, 6) is -1.17. The van der Waals surface area contributed by atoms with Gasteiger partial charge in [0.05, 0.1) is 11.8 Å². The van der Waals surface area contributed by atoms with Gasteiger partial charge in [0.2, 0.25) is 11.8 Å². The summed E-state index contributed by atoms with van der Waals surface area (Å²) in [5.41, 5.74) is 1.12. The van der Waals surface area contributed by atoms with Gasteiger partial charge in [-0.15, -0.1) is 10.2 Å². The van der Waals surface area contributed by atoms with Gasteiger partial charge < -0.3 is 20.2 Å². The van der Waals surface area contributed by atoms with Gasteiger partial charge in [-0.2, -0.15) is 0 Å². The van der Waals surface area contributed by atoms with E-state index in [1.165, 1.54) is 30.5 Å². The fourth-order valence-corrected chi connectivity index (χ4v) is 3.23. The Kier molecular flexibility index (Phi) is 5.90. The van der Waals surface area contributed by atoms with Crippen molar-refractivity contribution in [2.75, 3.05) is 5.32 Å². The summed E-state index contributed by atoms with van der Waals surface area (Å²) >= 11 is 1.12. The molecule has 9 nitrogen and oxygen atoms in total. The summed E-state index contributed by atoms with van der Waals surface area (Å²) in [4.78, 5) is 35.0. The van der Waals surface area contributed by atoms with E-state index in [1.807, 2.05) is 0 Å². The van der Waals surface area contributed by atoms with Crippen LogP contribution in [0.15, 0.2) is 57.3 Å². The van der Waals surface area contributed by atoms with Crippen molar-refractivity contribution in [3.05, 3.63) is 54.0 Å². The van der Waals surface area contributed by atoms with Crippen molar-refractivity contribution in [2.45, 2.75) is 18.6 Å². The second-order valence-electron chi connectivity index (χ2n) is 5.80. The summed E-state index contributed by atoms with van der Waals surface area (Å²) in [7, 11) is 0. The normalized spacial score (nSPS) is 18.2. The van der Waals surface area contributed by atoms with E-state index in [-0.39, 0.29) is 23.8 Å². The maximum absolute atomic E-state index is 12.2. The summed E-state index contributed by atoms with van der Waals surface area (Å²) in [6, 6.07) is 9.23. The number of benzene rings is 1. The van der Waals surface area contributed by atoms with E-state index in [1.54, 1.807) is 19.1 Å². The number of hydrogen-bond donors (Lipinski definition) is 3. The number of nitrogens with one attached hydrogen (secondary N) is 2. The molecule has 1 aliphatic rings. The predicted octanol–water partition coefficient (Wildman–Crippen LogP) is 2.32. The summed E-state index contributed by atoms with van der Waals surface area (Å²) in [5, 5.41) is 21.8. The molecule has 10 heteroatoms. The lowest BCUT2D eigenvalue weighted by Gasteiger charge is -2.07. The first-order valence-corrected chi connectivity index (χ1v) is 9.07. The van der Waals surface area contributed by atoms with Gasteiger partial charge in [0.25, 0.3) is 0 Å². The zero-order valence-corrected chi connectivity index (χ0v) is 15.5. The van der Waals surface area contributed by atoms with E-state index in [0.717, 1.165) is 11.8 Å². The number of amides is 2. The average Bonchev–Trinajstić information content (AvgIpc) is 3.31. The lowest BCUT2D eigenvalue weighted by atomic mass is 10.2. The second kappa shape index (κ2) is 8.53. The molecular weight excluding hydrogens is 384 g/mol. The van der Waals surface area contributed by atoms with E-state index < -0.39 is 11.2 Å². The zero-order valence-electron chi connectivity index (χ0n) is 14.7. The lowest BCUT2D eigenvalue weighted by molar-refractivity contribution is -0.122. The quantitative estimate of drug-likeness (QED) is 0.503. The van der Waals surface area contributed by atoms with Crippen molar-refractivity contribution >= 4 is 46.1 Å². The minimum atomic E-state index is -1.05. The van der Waals surface area contributed by atoms with Crippen LogP contribution in [-0.2, 0) is 9.59 Å². The Morgan fingerprint density at radius 3 is 2.68 bits per heavy atom. The van der Waals surface area contributed by atoms with Crippen LogP contribution in [0.3, 0.4) is 0 Å². The van der Waals surface area contributed by atoms with Gasteiger partial charge in [-0.3, -0.25) is 9.59 Å². The number of amidine groups is 1. The van der Waals surface area contributed by atoms with Crippen molar-refractivity contribution in [2.24, 2.45) is 10.2 Å². The Hall–Kier alpha value is -3.40. The van der Waals surface area contributed by atoms with Crippen LogP contribution in [0.4, 0.5) is 5.69 Å². The Balaban J connectivity index is 1.56. The van der Waals surface area contributed by atoms with Crippen LogP contribution in [0.5, 0.6) is 0 Å². The number of thioether (sulfide) groups is 1. The summed E-state index contributed by atoms with van der Waals surface area (Å²) in [6.45, 7) is 1.73. The Morgan fingerprint density at radius 2 is 2.04 bits per heavy atom. The first-order valence-electron chi connectivity index (χ1n) is 8.19. The number of carboxylic acid groups (broad SMARTS) is 1. The highest BCUT2D eigenvalue weighted by Crippen LogP contribution is 2.23. The Bertz CT molecular complexity index is 951. The Labute approximate surface area is 163 Å². The molecule has 0 spiro atoms. The first-order chi connectivity index (χ1) is 13.4. The van der Waals surface area contributed by atoms with Crippen LogP contribution in [0.1, 0.15) is 29.5 Å². The molecule has 1 aliphatic heterocycles. The number of carboxylic acids is 1. The molecule has 2 heterocycles. The maximum Gasteiger partial charge on any atom is 0.335 e. The van der Waals surface area contributed by atoms with E-state index in [2.05, 4.69) is 20.8 Å². The maximum atomic E-state index is 12.2. The molecule has 144 valence electrons. The fraction of sp³-hybridized carbons (Fsp3) is 0.167. The lowest BCUT2D eigenvalue weighted by Crippen LogP contribution is -2.28. The van der Waals surface area contributed by atoms with Crippen molar-refractivity contribution in [1.82, 2.24) is 5.32 Å². The molecule has 1 fully saturated rings. The molecule has 0 aliphatic carbocycles. The number of anilines is 1.